The van der Waals surface area contributed by atoms with Crippen molar-refractivity contribution in [2.24, 2.45) is 17.6 Å². The van der Waals surface area contributed by atoms with Crippen molar-refractivity contribution < 1.29 is 4.79 Å². The Morgan fingerprint density at radius 3 is 2.47 bits per heavy atom. The van der Waals surface area contributed by atoms with Gasteiger partial charge >= 0.3 is 0 Å². The van der Waals surface area contributed by atoms with Gasteiger partial charge in [-0.2, -0.15) is 0 Å². The van der Waals surface area contributed by atoms with Crippen LogP contribution in [-0.2, 0) is 4.79 Å². The molecule has 0 aromatic rings. The van der Waals surface area contributed by atoms with Gasteiger partial charge in [-0.1, -0.05) is 19.8 Å². The molecule has 1 amide bonds. The highest BCUT2D eigenvalue weighted by Crippen LogP contribution is 2.27. The van der Waals surface area contributed by atoms with E-state index in [1.807, 2.05) is 6.92 Å². The Morgan fingerprint density at radius 2 is 1.94 bits per heavy atom. The second kappa shape index (κ2) is 8.76. The van der Waals surface area contributed by atoms with Crippen LogP contribution < -0.4 is 11.1 Å². The normalized spacial score (nSPS) is 25.8. The quantitative estimate of drug-likeness (QED) is 0.800. The predicted molar refractivity (Wildman–Crippen MR) is 74.3 cm³/mol. The van der Waals surface area contributed by atoms with Crippen LogP contribution >= 0.6 is 12.4 Å². The average molecular weight is 263 g/mol. The molecular weight excluding hydrogens is 236 g/mol. The molecule has 1 atom stereocenters. The van der Waals surface area contributed by atoms with Crippen molar-refractivity contribution in [3.05, 3.63) is 0 Å². The summed E-state index contributed by atoms with van der Waals surface area (Å²) in [7, 11) is 0. The minimum Gasteiger partial charge on any atom is -0.356 e. The van der Waals surface area contributed by atoms with E-state index in [0.29, 0.717) is 12.3 Å². The summed E-state index contributed by atoms with van der Waals surface area (Å²) in [5, 5.41) is 3.03. The molecule has 0 bridgehead atoms. The van der Waals surface area contributed by atoms with Gasteiger partial charge < -0.3 is 11.1 Å². The summed E-state index contributed by atoms with van der Waals surface area (Å²) >= 11 is 0. The Bertz CT molecular complexity index is 213. The molecule has 1 saturated carbocycles. The molecule has 0 aromatic heterocycles. The van der Waals surface area contributed by atoms with E-state index in [1.54, 1.807) is 0 Å². The molecule has 0 saturated heterocycles. The SMILES string of the molecule is CC(N)CCC(=O)NCC1CCC(C)CC1.Cl. The largest absolute Gasteiger partial charge is 0.356 e. The molecule has 3 N–H and O–H groups in total. The van der Waals surface area contributed by atoms with E-state index >= 15 is 0 Å². The first kappa shape index (κ1) is 16.7. The summed E-state index contributed by atoms with van der Waals surface area (Å²) in [5.41, 5.74) is 5.61. The second-order valence-electron chi connectivity index (χ2n) is 5.45. The van der Waals surface area contributed by atoms with Crippen LogP contribution in [0.2, 0.25) is 0 Å². The Labute approximate surface area is 111 Å². The van der Waals surface area contributed by atoms with E-state index in [2.05, 4.69) is 12.2 Å². The van der Waals surface area contributed by atoms with Gasteiger partial charge in [0.05, 0.1) is 0 Å². The van der Waals surface area contributed by atoms with Gasteiger partial charge in [0.15, 0.2) is 0 Å². The summed E-state index contributed by atoms with van der Waals surface area (Å²) in [5.74, 6) is 1.75. The fourth-order valence-corrected chi connectivity index (χ4v) is 2.24. The topological polar surface area (TPSA) is 55.1 Å². The van der Waals surface area contributed by atoms with Gasteiger partial charge in [-0.15, -0.1) is 12.4 Å². The third kappa shape index (κ3) is 7.61. The number of nitrogens with one attached hydrogen (secondary N) is 1. The van der Waals surface area contributed by atoms with Crippen molar-refractivity contribution in [1.29, 1.82) is 0 Å². The Balaban J connectivity index is 0.00000256. The number of carbonyl (C=O) groups excluding carboxylic acids is 1. The number of hydrogen-bond donors (Lipinski definition) is 2. The molecule has 1 aliphatic rings. The Morgan fingerprint density at radius 1 is 1.35 bits per heavy atom. The van der Waals surface area contributed by atoms with E-state index in [9.17, 15) is 4.79 Å². The van der Waals surface area contributed by atoms with Gasteiger partial charge in [0.25, 0.3) is 0 Å². The van der Waals surface area contributed by atoms with Crippen LogP contribution in [0.5, 0.6) is 0 Å². The Kier molecular flexibility index (Phi) is 8.61. The minimum absolute atomic E-state index is 0. The lowest BCUT2D eigenvalue weighted by molar-refractivity contribution is -0.121. The molecule has 102 valence electrons. The zero-order valence-corrected chi connectivity index (χ0v) is 11.9. The standard InChI is InChI=1S/C13H26N2O.ClH/c1-10-3-6-12(7-4-10)9-15-13(16)8-5-11(2)14;/h10-12H,3-9,14H2,1-2H3,(H,15,16);1H. The third-order valence-electron chi connectivity index (χ3n) is 3.55. The molecule has 0 aliphatic heterocycles. The second-order valence-corrected chi connectivity index (χ2v) is 5.45. The molecule has 1 fully saturated rings. The summed E-state index contributed by atoms with van der Waals surface area (Å²) in [6.45, 7) is 5.12. The van der Waals surface area contributed by atoms with Gasteiger partial charge in [0, 0.05) is 19.0 Å². The molecule has 0 radical (unpaired) electrons. The zero-order valence-electron chi connectivity index (χ0n) is 11.1. The maximum atomic E-state index is 11.5. The summed E-state index contributed by atoms with van der Waals surface area (Å²) in [6, 6.07) is 0.126. The lowest BCUT2D eigenvalue weighted by Crippen LogP contribution is -2.31. The monoisotopic (exact) mass is 262 g/mol. The molecule has 0 spiro atoms. The van der Waals surface area contributed by atoms with Crippen LogP contribution in [0.4, 0.5) is 0 Å². The number of amides is 1. The van der Waals surface area contributed by atoms with Crippen LogP contribution in [0.3, 0.4) is 0 Å². The van der Waals surface area contributed by atoms with Crippen LogP contribution in [-0.4, -0.2) is 18.5 Å². The van der Waals surface area contributed by atoms with Crippen molar-refractivity contribution in [2.45, 2.75) is 58.4 Å². The van der Waals surface area contributed by atoms with Gasteiger partial charge in [0.2, 0.25) is 5.91 Å². The fraction of sp³-hybridized carbons (Fsp3) is 0.923. The summed E-state index contributed by atoms with van der Waals surface area (Å²) in [6.07, 6.45) is 6.54. The van der Waals surface area contributed by atoms with E-state index < -0.39 is 0 Å². The molecule has 0 heterocycles. The molecule has 1 aliphatic carbocycles. The maximum Gasteiger partial charge on any atom is 0.220 e. The van der Waals surface area contributed by atoms with E-state index in [0.717, 1.165) is 18.9 Å². The van der Waals surface area contributed by atoms with Crippen LogP contribution in [0.1, 0.15) is 52.4 Å². The average Bonchev–Trinajstić information content (AvgIpc) is 2.25. The van der Waals surface area contributed by atoms with E-state index in [1.165, 1.54) is 25.7 Å². The maximum absolute atomic E-state index is 11.5. The molecule has 17 heavy (non-hydrogen) atoms. The van der Waals surface area contributed by atoms with Crippen LogP contribution in [0, 0.1) is 11.8 Å². The first-order valence-corrected chi connectivity index (χ1v) is 6.60. The van der Waals surface area contributed by atoms with Crippen molar-refractivity contribution in [1.82, 2.24) is 5.32 Å². The molecule has 0 aromatic carbocycles. The highest BCUT2D eigenvalue weighted by Gasteiger charge is 2.18. The first-order valence-electron chi connectivity index (χ1n) is 6.60. The number of hydrogen-bond acceptors (Lipinski definition) is 2. The molecule has 4 heteroatoms. The highest BCUT2D eigenvalue weighted by atomic mass is 35.5. The molecular formula is C13H27ClN2O. The van der Waals surface area contributed by atoms with Crippen LogP contribution in [0.15, 0.2) is 0 Å². The van der Waals surface area contributed by atoms with Crippen molar-refractivity contribution in [2.75, 3.05) is 6.54 Å². The number of carbonyl (C=O) groups is 1. The van der Waals surface area contributed by atoms with Gasteiger partial charge in [0.1, 0.15) is 0 Å². The summed E-state index contributed by atoms with van der Waals surface area (Å²) in [4.78, 5) is 11.5. The summed E-state index contributed by atoms with van der Waals surface area (Å²) < 4.78 is 0. The Hall–Kier alpha value is -0.280. The predicted octanol–water partition coefficient (Wildman–Crippen LogP) is 2.48. The first-order chi connectivity index (χ1) is 7.58. The van der Waals surface area contributed by atoms with Gasteiger partial charge in [-0.3, -0.25) is 4.79 Å². The van der Waals surface area contributed by atoms with Crippen molar-refractivity contribution in [3.8, 4) is 0 Å². The molecule has 3 nitrogen and oxygen atoms in total. The zero-order chi connectivity index (χ0) is 12.0. The van der Waals surface area contributed by atoms with Gasteiger partial charge in [-0.05, 0) is 38.0 Å². The lowest BCUT2D eigenvalue weighted by atomic mass is 9.83. The number of halogens is 1. The van der Waals surface area contributed by atoms with Crippen molar-refractivity contribution >= 4 is 18.3 Å². The lowest BCUT2D eigenvalue weighted by Gasteiger charge is -2.26. The number of nitrogens with two attached hydrogens (primary N) is 1. The molecule has 1 rings (SSSR count). The van der Waals surface area contributed by atoms with Crippen LogP contribution in [0.25, 0.3) is 0 Å². The fourth-order valence-electron chi connectivity index (χ4n) is 2.24. The highest BCUT2D eigenvalue weighted by molar-refractivity contribution is 5.85. The molecule has 1 unspecified atom stereocenters. The van der Waals surface area contributed by atoms with Gasteiger partial charge in [-0.25, -0.2) is 0 Å². The van der Waals surface area contributed by atoms with E-state index in [-0.39, 0.29) is 24.4 Å². The van der Waals surface area contributed by atoms with E-state index in [4.69, 9.17) is 5.73 Å². The smallest absolute Gasteiger partial charge is 0.220 e. The van der Waals surface area contributed by atoms with Crippen molar-refractivity contribution in [3.63, 3.8) is 0 Å². The third-order valence-corrected chi connectivity index (χ3v) is 3.55. The number of rotatable bonds is 5. The minimum atomic E-state index is 0.